The van der Waals surface area contributed by atoms with Crippen LogP contribution in [0.5, 0.6) is 0 Å². The van der Waals surface area contributed by atoms with Gasteiger partial charge < -0.3 is 0 Å². The third kappa shape index (κ3) is 4.42. The van der Waals surface area contributed by atoms with Gasteiger partial charge in [0.15, 0.2) is 0 Å². The third-order valence-corrected chi connectivity index (χ3v) is 4.17. The first-order chi connectivity index (χ1) is 10.1. The van der Waals surface area contributed by atoms with Crippen molar-refractivity contribution >= 4 is 17.5 Å². The summed E-state index contributed by atoms with van der Waals surface area (Å²) < 4.78 is 13.3. The minimum atomic E-state index is -0.218. The second kappa shape index (κ2) is 7.76. The Kier molecular flexibility index (Phi) is 6.00. The highest BCUT2D eigenvalue weighted by atomic mass is 35.5. The number of hydrogen-bond donors (Lipinski definition) is 1. The predicted octanol–water partition coefficient (Wildman–Crippen LogP) is 3.71. The summed E-state index contributed by atoms with van der Waals surface area (Å²) in [7, 11) is 0. The van der Waals surface area contributed by atoms with Gasteiger partial charge in [-0.15, -0.1) is 11.6 Å². The average Bonchev–Trinajstić information content (AvgIpc) is 2.46. The quantitative estimate of drug-likeness (QED) is 0.841. The van der Waals surface area contributed by atoms with E-state index in [1.165, 1.54) is 6.07 Å². The van der Waals surface area contributed by atoms with E-state index in [1.807, 2.05) is 18.0 Å². The number of halogens is 2. The summed E-state index contributed by atoms with van der Waals surface area (Å²) in [6.07, 6.45) is 4.28. The maximum absolute atomic E-state index is 13.3. The molecule has 0 bridgehead atoms. The molecule has 1 atom stereocenters. The van der Waals surface area contributed by atoms with Crippen LogP contribution in [-0.2, 0) is 4.79 Å². The van der Waals surface area contributed by atoms with Gasteiger partial charge in [0.25, 0.3) is 0 Å². The second-order valence-corrected chi connectivity index (χ2v) is 5.91. The molecule has 1 aliphatic heterocycles. The highest BCUT2D eigenvalue weighted by Gasteiger charge is 2.26. The zero-order valence-corrected chi connectivity index (χ0v) is 13.1. The molecule has 116 valence electrons. The molecular weight excluding hydrogens is 291 g/mol. The molecule has 0 spiro atoms. The molecule has 2 rings (SSSR count). The highest BCUT2D eigenvalue weighted by Crippen LogP contribution is 2.31. The Bertz CT molecular complexity index is 495. The SMILES string of the molecule is Cc1cc(F)ccc1C1CCCCN1NC(=O)CCCCl. The first-order valence-corrected chi connectivity index (χ1v) is 8.03. The molecular formula is C16H22ClFN2O. The molecule has 1 heterocycles. The molecule has 5 heteroatoms. The third-order valence-electron chi connectivity index (χ3n) is 3.90. The fourth-order valence-electron chi connectivity index (χ4n) is 2.85. The van der Waals surface area contributed by atoms with Gasteiger partial charge in [0.05, 0.1) is 6.04 Å². The molecule has 0 aromatic heterocycles. The van der Waals surface area contributed by atoms with E-state index in [-0.39, 0.29) is 17.8 Å². The van der Waals surface area contributed by atoms with Crippen LogP contribution in [0.1, 0.15) is 49.3 Å². The number of benzene rings is 1. The molecule has 1 amide bonds. The Labute approximate surface area is 130 Å². The zero-order chi connectivity index (χ0) is 15.2. The second-order valence-electron chi connectivity index (χ2n) is 5.53. The lowest BCUT2D eigenvalue weighted by molar-refractivity contribution is -0.127. The first-order valence-electron chi connectivity index (χ1n) is 7.50. The van der Waals surface area contributed by atoms with Crippen molar-refractivity contribution in [2.45, 2.75) is 45.1 Å². The number of carbonyl (C=O) groups excluding carboxylic acids is 1. The minimum absolute atomic E-state index is 0.00214. The molecule has 1 fully saturated rings. The topological polar surface area (TPSA) is 32.3 Å². The van der Waals surface area contributed by atoms with Crippen molar-refractivity contribution in [2.24, 2.45) is 0 Å². The van der Waals surface area contributed by atoms with Gasteiger partial charge in [-0.25, -0.2) is 9.40 Å². The van der Waals surface area contributed by atoms with E-state index in [1.54, 1.807) is 6.07 Å². The number of hydrogen-bond acceptors (Lipinski definition) is 2. The van der Waals surface area contributed by atoms with Crippen LogP contribution in [0.4, 0.5) is 4.39 Å². The summed E-state index contributed by atoms with van der Waals surface area (Å²) in [5.41, 5.74) is 5.01. The van der Waals surface area contributed by atoms with E-state index >= 15 is 0 Å². The van der Waals surface area contributed by atoms with Crippen LogP contribution in [0.3, 0.4) is 0 Å². The van der Waals surface area contributed by atoms with Gasteiger partial charge in [-0.1, -0.05) is 12.5 Å². The van der Waals surface area contributed by atoms with Crippen molar-refractivity contribution in [3.63, 3.8) is 0 Å². The van der Waals surface area contributed by atoms with E-state index < -0.39 is 0 Å². The fraction of sp³-hybridized carbons (Fsp3) is 0.562. The van der Waals surface area contributed by atoms with Gasteiger partial charge in [0, 0.05) is 18.8 Å². The number of aryl methyl sites for hydroxylation is 1. The molecule has 0 aliphatic carbocycles. The largest absolute Gasteiger partial charge is 0.288 e. The molecule has 1 aliphatic rings. The van der Waals surface area contributed by atoms with Gasteiger partial charge in [0.1, 0.15) is 5.82 Å². The number of nitrogens with one attached hydrogen (secondary N) is 1. The number of hydrazine groups is 1. The number of piperidine rings is 1. The Balaban J connectivity index is 2.09. The smallest absolute Gasteiger partial charge is 0.234 e. The molecule has 1 aromatic carbocycles. The van der Waals surface area contributed by atoms with Crippen LogP contribution in [0.2, 0.25) is 0 Å². The van der Waals surface area contributed by atoms with E-state index in [2.05, 4.69) is 5.43 Å². The number of carbonyl (C=O) groups is 1. The number of rotatable bonds is 5. The number of nitrogens with zero attached hydrogens (tertiary/aromatic N) is 1. The van der Waals surface area contributed by atoms with Crippen molar-refractivity contribution in [1.82, 2.24) is 10.4 Å². The zero-order valence-electron chi connectivity index (χ0n) is 12.4. The summed E-state index contributed by atoms with van der Waals surface area (Å²) in [5, 5.41) is 2.00. The summed E-state index contributed by atoms with van der Waals surface area (Å²) in [5.74, 6) is 0.278. The van der Waals surface area contributed by atoms with Gasteiger partial charge in [-0.3, -0.25) is 10.2 Å². The monoisotopic (exact) mass is 312 g/mol. The summed E-state index contributed by atoms with van der Waals surface area (Å²) in [6.45, 7) is 2.74. The molecule has 1 unspecified atom stereocenters. The molecule has 1 saturated heterocycles. The lowest BCUT2D eigenvalue weighted by Gasteiger charge is -2.36. The summed E-state index contributed by atoms with van der Waals surface area (Å²) in [6, 6.07) is 5.00. The molecule has 1 N–H and O–H groups in total. The molecule has 3 nitrogen and oxygen atoms in total. The van der Waals surface area contributed by atoms with Crippen LogP contribution in [0.25, 0.3) is 0 Å². The fourth-order valence-corrected chi connectivity index (χ4v) is 2.98. The summed E-state index contributed by atoms with van der Waals surface area (Å²) >= 11 is 5.62. The van der Waals surface area contributed by atoms with Crippen LogP contribution in [0.15, 0.2) is 18.2 Å². The van der Waals surface area contributed by atoms with Crippen molar-refractivity contribution in [2.75, 3.05) is 12.4 Å². The Morgan fingerprint density at radius 1 is 1.48 bits per heavy atom. The maximum Gasteiger partial charge on any atom is 0.234 e. The molecule has 0 radical (unpaired) electrons. The van der Waals surface area contributed by atoms with Crippen LogP contribution < -0.4 is 5.43 Å². The van der Waals surface area contributed by atoms with Gasteiger partial charge in [-0.2, -0.15) is 0 Å². The van der Waals surface area contributed by atoms with Crippen LogP contribution in [-0.4, -0.2) is 23.3 Å². The van der Waals surface area contributed by atoms with Crippen LogP contribution in [0, 0.1) is 12.7 Å². The van der Waals surface area contributed by atoms with Gasteiger partial charge in [0.2, 0.25) is 5.91 Å². The maximum atomic E-state index is 13.3. The molecule has 0 saturated carbocycles. The minimum Gasteiger partial charge on any atom is -0.288 e. The predicted molar refractivity (Wildman–Crippen MR) is 82.5 cm³/mol. The summed E-state index contributed by atoms with van der Waals surface area (Å²) in [4.78, 5) is 11.9. The van der Waals surface area contributed by atoms with Gasteiger partial charge in [-0.05, 0) is 49.4 Å². The van der Waals surface area contributed by atoms with E-state index in [9.17, 15) is 9.18 Å². The average molecular weight is 313 g/mol. The number of amides is 1. The van der Waals surface area contributed by atoms with Crippen molar-refractivity contribution in [1.29, 1.82) is 0 Å². The molecule has 1 aromatic rings. The Morgan fingerprint density at radius 2 is 2.29 bits per heavy atom. The van der Waals surface area contributed by atoms with Crippen LogP contribution >= 0.6 is 11.6 Å². The Morgan fingerprint density at radius 3 is 3.00 bits per heavy atom. The van der Waals surface area contributed by atoms with E-state index in [4.69, 9.17) is 11.6 Å². The first kappa shape index (κ1) is 16.2. The molecule has 21 heavy (non-hydrogen) atoms. The van der Waals surface area contributed by atoms with Crippen molar-refractivity contribution in [3.05, 3.63) is 35.1 Å². The number of alkyl halides is 1. The van der Waals surface area contributed by atoms with E-state index in [0.29, 0.717) is 18.7 Å². The van der Waals surface area contributed by atoms with Gasteiger partial charge >= 0.3 is 0 Å². The van der Waals surface area contributed by atoms with Crippen molar-refractivity contribution in [3.8, 4) is 0 Å². The highest BCUT2D eigenvalue weighted by molar-refractivity contribution is 6.17. The lowest BCUT2D eigenvalue weighted by Crippen LogP contribution is -2.47. The van der Waals surface area contributed by atoms with E-state index in [0.717, 1.165) is 36.9 Å². The lowest BCUT2D eigenvalue weighted by atomic mass is 9.93. The standard InChI is InChI=1S/C16H22ClFN2O/c1-12-11-13(18)7-8-14(12)15-5-2-3-10-20(15)19-16(21)6-4-9-17/h7-8,11,15H,2-6,9-10H2,1H3,(H,19,21). The van der Waals surface area contributed by atoms with Crippen molar-refractivity contribution < 1.29 is 9.18 Å². The normalized spacial score (nSPS) is 19.5. The Hall–Kier alpha value is -1.13.